The summed E-state index contributed by atoms with van der Waals surface area (Å²) in [6, 6.07) is 14.8. The number of H-pyrrole nitrogens is 1. The summed E-state index contributed by atoms with van der Waals surface area (Å²) in [5, 5.41) is 15.2. The van der Waals surface area contributed by atoms with E-state index in [0.717, 1.165) is 22.4 Å². The fourth-order valence-corrected chi connectivity index (χ4v) is 3.39. The Labute approximate surface area is 181 Å². The van der Waals surface area contributed by atoms with Crippen LogP contribution in [-0.4, -0.2) is 28.7 Å². The molecular weight excluding hydrogens is 390 g/mol. The highest BCUT2D eigenvalue weighted by molar-refractivity contribution is 5.96. The van der Waals surface area contributed by atoms with Gasteiger partial charge in [-0.25, -0.2) is 4.79 Å². The van der Waals surface area contributed by atoms with Gasteiger partial charge in [0.05, 0.1) is 11.7 Å². The van der Waals surface area contributed by atoms with Crippen molar-refractivity contribution in [3.8, 4) is 0 Å². The van der Waals surface area contributed by atoms with Crippen LogP contribution in [0.15, 0.2) is 54.7 Å². The maximum atomic E-state index is 12.9. The van der Waals surface area contributed by atoms with Gasteiger partial charge in [0.1, 0.15) is 11.7 Å². The number of hydrogen-bond acceptors (Lipinski definition) is 4. The summed E-state index contributed by atoms with van der Waals surface area (Å²) in [6.45, 7) is 3.64. The number of carbonyl (C=O) groups excluding carboxylic acids is 1. The number of aromatic amines is 1. The Morgan fingerprint density at radius 1 is 0.968 bits per heavy atom. The number of nitrogens with one attached hydrogen (secondary N) is 3. The van der Waals surface area contributed by atoms with Crippen LogP contribution < -0.4 is 11.5 Å². The van der Waals surface area contributed by atoms with Crippen LogP contribution in [0.5, 0.6) is 0 Å². The lowest BCUT2D eigenvalue weighted by atomic mass is 9.98. The largest absolute Gasteiger partial charge is 0.459 e. The molecule has 1 aromatic heterocycles. The summed E-state index contributed by atoms with van der Waals surface area (Å²) in [5.41, 5.74) is 16.5. The quantitative estimate of drug-likeness (QED) is 0.218. The third-order valence-electron chi connectivity index (χ3n) is 4.87. The Hall–Kier alpha value is -3.87. The Morgan fingerprint density at radius 3 is 2.26 bits per heavy atom. The van der Waals surface area contributed by atoms with Crippen LogP contribution in [-0.2, 0) is 17.6 Å². The van der Waals surface area contributed by atoms with Gasteiger partial charge in [-0.2, -0.15) is 0 Å². The fourth-order valence-electron chi connectivity index (χ4n) is 3.39. The molecule has 0 radical (unpaired) electrons. The van der Waals surface area contributed by atoms with E-state index in [2.05, 4.69) is 4.98 Å². The number of ether oxygens (including phenoxy) is 1. The average molecular weight is 418 g/mol. The Morgan fingerprint density at radius 2 is 1.65 bits per heavy atom. The predicted molar refractivity (Wildman–Crippen MR) is 122 cm³/mol. The van der Waals surface area contributed by atoms with Gasteiger partial charge in [-0.3, -0.25) is 10.8 Å². The number of hydrogen-bond donors (Lipinski definition) is 5. The highest BCUT2D eigenvalue weighted by Gasteiger charge is 2.21. The van der Waals surface area contributed by atoms with E-state index < -0.39 is 0 Å². The van der Waals surface area contributed by atoms with Gasteiger partial charge < -0.3 is 21.2 Å². The number of nitrogen functional groups attached to an aromatic ring is 2. The van der Waals surface area contributed by atoms with Crippen LogP contribution in [0, 0.1) is 10.8 Å². The van der Waals surface area contributed by atoms with Crippen molar-refractivity contribution in [2.75, 3.05) is 0 Å². The first kappa shape index (κ1) is 21.8. The summed E-state index contributed by atoms with van der Waals surface area (Å²) in [6.07, 6.45) is 2.61. The molecule has 0 spiro atoms. The van der Waals surface area contributed by atoms with Crippen LogP contribution >= 0.6 is 0 Å². The molecule has 0 aliphatic heterocycles. The van der Waals surface area contributed by atoms with E-state index >= 15 is 0 Å². The normalized spacial score (nSPS) is 10.8. The molecule has 0 saturated heterocycles. The second kappa shape index (κ2) is 9.30. The van der Waals surface area contributed by atoms with E-state index in [1.807, 2.05) is 50.4 Å². The van der Waals surface area contributed by atoms with Crippen LogP contribution in [0.1, 0.15) is 57.7 Å². The number of nitrogens with two attached hydrogens (primary N) is 2. The lowest BCUT2D eigenvalue weighted by molar-refractivity contribution is 0.0376. The number of aromatic nitrogens is 1. The molecule has 7 N–H and O–H groups in total. The van der Waals surface area contributed by atoms with Gasteiger partial charge in [-0.15, -0.1) is 0 Å². The zero-order valence-corrected chi connectivity index (χ0v) is 17.7. The van der Waals surface area contributed by atoms with E-state index in [1.165, 1.54) is 0 Å². The van der Waals surface area contributed by atoms with Crippen molar-refractivity contribution in [2.45, 2.75) is 32.8 Å². The van der Waals surface area contributed by atoms with E-state index in [4.69, 9.17) is 27.0 Å². The minimum Gasteiger partial charge on any atom is -0.459 e. The van der Waals surface area contributed by atoms with E-state index in [0.29, 0.717) is 29.5 Å². The van der Waals surface area contributed by atoms with Crippen LogP contribution in [0.25, 0.3) is 0 Å². The predicted octanol–water partition coefficient (Wildman–Crippen LogP) is 3.33. The van der Waals surface area contributed by atoms with Crippen molar-refractivity contribution < 1.29 is 9.53 Å². The Balaban J connectivity index is 1.93. The van der Waals surface area contributed by atoms with E-state index in [-0.39, 0.29) is 23.7 Å². The van der Waals surface area contributed by atoms with Crippen molar-refractivity contribution in [3.05, 3.63) is 93.8 Å². The van der Waals surface area contributed by atoms with Gasteiger partial charge >= 0.3 is 5.97 Å². The van der Waals surface area contributed by atoms with Gasteiger partial charge in [0, 0.05) is 29.4 Å². The van der Waals surface area contributed by atoms with Gasteiger partial charge in [-0.05, 0) is 43.0 Å². The minimum absolute atomic E-state index is 0.00229. The van der Waals surface area contributed by atoms with Crippen molar-refractivity contribution >= 4 is 17.6 Å². The van der Waals surface area contributed by atoms with Gasteiger partial charge in [0.2, 0.25) is 0 Å². The lowest BCUT2D eigenvalue weighted by Crippen LogP contribution is -2.15. The third-order valence-corrected chi connectivity index (χ3v) is 4.87. The number of amidine groups is 2. The summed E-state index contributed by atoms with van der Waals surface area (Å²) in [7, 11) is 0. The number of rotatable bonds is 8. The molecule has 0 bridgehead atoms. The molecule has 0 saturated carbocycles. The minimum atomic E-state index is -0.371. The maximum Gasteiger partial charge on any atom is 0.340 e. The average Bonchev–Trinajstić information content (AvgIpc) is 3.10. The number of esters is 1. The first-order chi connectivity index (χ1) is 14.7. The molecule has 3 rings (SSSR count). The van der Waals surface area contributed by atoms with E-state index in [9.17, 15) is 4.79 Å². The smallest absolute Gasteiger partial charge is 0.340 e. The first-order valence-electron chi connectivity index (χ1n) is 10.0. The topological polar surface area (TPSA) is 142 Å². The second-order valence-electron chi connectivity index (χ2n) is 7.70. The summed E-state index contributed by atoms with van der Waals surface area (Å²) >= 11 is 0. The van der Waals surface area contributed by atoms with Crippen molar-refractivity contribution in [3.63, 3.8) is 0 Å². The molecule has 0 aliphatic rings. The molecule has 3 aromatic rings. The summed E-state index contributed by atoms with van der Waals surface area (Å²) in [4.78, 5) is 16.2. The summed E-state index contributed by atoms with van der Waals surface area (Å²) < 4.78 is 5.51. The molecule has 7 nitrogen and oxygen atoms in total. The Kier molecular flexibility index (Phi) is 6.55. The zero-order valence-electron chi connectivity index (χ0n) is 17.7. The van der Waals surface area contributed by atoms with Crippen molar-refractivity contribution in [1.29, 1.82) is 10.8 Å². The van der Waals surface area contributed by atoms with Gasteiger partial charge in [0.25, 0.3) is 0 Å². The Bertz CT molecular complexity index is 1110. The number of benzene rings is 2. The molecule has 7 heteroatoms. The highest BCUT2D eigenvalue weighted by atomic mass is 16.5. The van der Waals surface area contributed by atoms with E-state index in [1.54, 1.807) is 18.2 Å². The lowest BCUT2D eigenvalue weighted by Gasteiger charge is -2.12. The molecule has 0 aliphatic carbocycles. The highest BCUT2D eigenvalue weighted by Crippen LogP contribution is 2.23. The molecular formula is C24H27N5O2. The molecule has 2 aromatic carbocycles. The molecule has 160 valence electrons. The molecule has 0 atom stereocenters. The second-order valence-corrected chi connectivity index (χ2v) is 7.70. The standard InChI is InChI=1S/C24H27N5O2/c1-14(2)31-24(30)21-19(10-15-6-8-17(9-7-15)22(25)26)13-29-20(21)12-16-4-3-5-18(11-16)23(27)28/h3-9,11,13-14,29H,10,12H2,1-2H3,(H3,25,26)(H3,27,28). The molecule has 0 unspecified atom stereocenters. The fraction of sp³-hybridized carbons (Fsp3) is 0.208. The van der Waals surface area contributed by atoms with Crippen LogP contribution in [0.2, 0.25) is 0 Å². The first-order valence-corrected chi connectivity index (χ1v) is 10.0. The third kappa shape index (κ3) is 5.39. The molecule has 1 heterocycles. The van der Waals surface area contributed by atoms with Crippen LogP contribution in [0.3, 0.4) is 0 Å². The van der Waals surface area contributed by atoms with Crippen molar-refractivity contribution in [2.24, 2.45) is 11.5 Å². The molecule has 0 amide bonds. The monoisotopic (exact) mass is 417 g/mol. The zero-order chi connectivity index (χ0) is 22.5. The summed E-state index contributed by atoms with van der Waals surface area (Å²) in [5.74, 6) is -0.351. The molecule has 0 fully saturated rings. The van der Waals surface area contributed by atoms with Crippen LogP contribution in [0.4, 0.5) is 0 Å². The van der Waals surface area contributed by atoms with Crippen molar-refractivity contribution in [1.82, 2.24) is 4.98 Å². The van der Waals surface area contributed by atoms with Gasteiger partial charge in [0.15, 0.2) is 0 Å². The maximum absolute atomic E-state index is 12.9. The molecule has 31 heavy (non-hydrogen) atoms. The SMILES string of the molecule is CC(C)OC(=O)c1c(Cc2ccc(C(=N)N)cc2)c[nH]c1Cc1cccc(C(=N)N)c1. The number of carbonyl (C=O) groups is 1. The van der Waals surface area contributed by atoms with Gasteiger partial charge in [-0.1, -0.05) is 42.5 Å².